The third-order valence-electron chi connectivity index (χ3n) is 4.97. The molecule has 4 nitrogen and oxygen atoms in total. The standard InChI is InChI=1S/C22H25NO3/c1-3-13-22(19-7-5-4-6-8-19,23-14-16-26-17-15-23)21(24)18-9-11-20(25-2)12-10-18/h3-12H,1,13-17H2,2H3. The number of hydrogen-bond acceptors (Lipinski definition) is 4. The predicted octanol–water partition coefficient (Wildman–Crippen LogP) is 3.68. The van der Waals surface area contributed by atoms with Crippen molar-refractivity contribution in [1.29, 1.82) is 0 Å². The molecule has 26 heavy (non-hydrogen) atoms. The van der Waals surface area contributed by atoms with Gasteiger partial charge in [-0.05, 0) is 36.2 Å². The number of hydrogen-bond donors (Lipinski definition) is 0. The smallest absolute Gasteiger partial charge is 0.187 e. The normalized spacial score (nSPS) is 17.3. The van der Waals surface area contributed by atoms with Crippen LogP contribution in [0.5, 0.6) is 5.75 Å². The van der Waals surface area contributed by atoms with Crippen LogP contribution in [0.2, 0.25) is 0 Å². The molecule has 1 unspecified atom stereocenters. The third kappa shape index (κ3) is 3.43. The Morgan fingerprint density at radius 2 is 1.81 bits per heavy atom. The molecule has 1 saturated heterocycles. The van der Waals surface area contributed by atoms with Crippen molar-refractivity contribution in [3.8, 4) is 5.75 Å². The van der Waals surface area contributed by atoms with Crippen molar-refractivity contribution in [1.82, 2.24) is 4.90 Å². The van der Waals surface area contributed by atoms with Crippen LogP contribution in [-0.2, 0) is 10.3 Å². The van der Waals surface area contributed by atoms with Gasteiger partial charge in [-0.2, -0.15) is 0 Å². The molecule has 4 heteroatoms. The van der Waals surface area contributed by atoms with Gasteiger partial charge in [0.2, 0.25) is 0 Å². The predicted molar refractivity (Wildman–Crippen MR) is 103 cm³/mol. The second kappa shape index (κ2) is 8.30. The minimum Gasteiger partial charge on any atom is -0.497 e. The lowest BCUT2D eigenvalue weighted by atomic mass is 9.78. The Bertz CT molecular complexity index is 736. The van der Waals surface area contributed by atoms with Crippen LogP contribution in [0, 0.1) is 0 Å². The zero-order chi connectivity index (χ0) is 18.4. The summed E-state index contributed by atoms with van der Waals surface area (Å²) in [6.07, 6.45) is 2.38. The molecular weight excluding hydrogens is 326 g/mol. The molecule has 3 rings (SSSR count). The first-order valence-electron chi connectivity index (χ1n) is 8.90. The van der Waals surface area contributed by atoms with Crippen LogP contribution in [0.3, 0.4) is 0 Å². The molecular formula is C22H25NO3. The number of benzene rings is 2. The molecule has 1 aliphatic rings. The average Bonchev–Trinajstić information content (AvgIpc) is 2.73. The maximum absolute atomic E-state index is 13.8. The number of morpholine rings is 1. The van der Waals surface area contributed by atoms with Crippen molar-refractivity contribution >= 4 is 5.78 Å². The molecule has 0 aromatic heterocycles. The second-order valence-corrected chi connectivity index (χ2v) is 6.38. The van der Waals surface area contributed by atoms with Gasteiger partial charge in [-0.1, -0.05) is 36.4 Å². The van der Waals surface area contributed by atoms with Crippen LogP contribution in [0.1, 0.15) is 22.3 Å². The van der Waals surface area contributed by atoms with E-state index in [2.05, 4.69) is 11.5 Å². The number of rotatable bonds is 7. The molecule has 0 bridgehead atoms. The highest BCUT2D eigenvalue weighted by Gasteiger charge is 2.45. The van der Waals surface area contributed by atoms with Crippen LogP contribution >= 0.6 is 0 Å². The van der Waals surface area contributed by atoms with E-state index in [4.69, 9.17) is 9.47 Å². The Balaban J connectivity index is 2.10. The van der Waals surface area contributed by atoms with Crippen LogP contribution in [0.25, 0.3) is 0 Å². The number of nitrogens with zero attached hydrogens (tertiary/aromatic N) is 1. The lowest BCUT2D eigenvalue weighted by Gasteiger charge is -2.44. The largest absolute Gasteiger partial charge is 0.497 e. The summed E-state index contributed by atoms with van der Waals surface area (Å²) in [5.74, 6) is 0.815. The molecule has 0 amide bonds. The Labute approximate surface area is 155 Å². The first-order chi connectivity index (χ1) is 12.7. The van der Waals surface area contributed by atoms with E-state index >= 15 is 0 Å². The zero-order valence-electron chi connectivity index (χ0n) is 15.2. The minimum absolute atomic E-state index is 0.0770. The molecule has 1 atom stereocenters. The molecule has 0 spiro atoms. The summed E-state index contributed by atoms with van der Waals surface area (Å²) in [5.41, 5.74) is 0.882. The topological polar surface area (TPSA) is 38.8 Å². The van der Waals surface area contributed by atoms with Crippen molar-refractivity contribution in [3.63, 3.8) is 0 Å². The number of carbonyl (C=O) groups is 1. The van der Waals surface area contributed by atoms with Crippen molar-refractivity contribution in [2.75, 3.05) is 33.4 Å². The molecule has 2 aromatic rings. The average molecular weight is 351 g/mol. The molecule has 0 radical (unpaired) electrons. The van der Waals surface area contributed by atoms with Gasteiger partial charge in [0.15, 0.2) is 5.78 Å². The number of ether oxygens (including phenoxy) is 2. The van der Waals surface area contributed by atoms with E-state index in [0.29, 0.717) is 38.3 Å². The Morgan fingerprint density at radius 3 is 2.38 bits per heavy atom. The summed E-state index contributed by atoms with van der Waals surface area (Å²) < 4.78 is 10.8. The SMILES string of the molecule is C=CCC(C(=O)c1ccc(OC)cc1)(c1ccccc1)N1CCOCC1. The first kappa shape index (κ1) is 18.4. The van der Waals surface area contributed by atoms with Gasteiger partial charge in [0.05, 0.1) is 20.3 Å². The van der Waals surface area contributed by atoms with Gasteiger partial charge in [-0.3, -0.25) is 9.69 Å². The Hall–Kier alpha value is -2.43. The Morgan fingerprint density at radius 1 is 1.15 bits per heavy atom. The lowest BCUT2D eigenvalue weighted by Crippen LogP contribution is -2.55. The summed E-state index contributed by atoms with van der Waals surface area (Å²) in [7, 11) is 1.62. The van der Waals surface area contributed by atoms with E-state index in [1.54, 1.807) is 7.11 Å². The van der Waals surface area contributed by atoms with Gasteiger partial charge in [0, 0.05) is 18.7 Å². The number of Topliss-reactive ketones (excluding diaryl/α,β-unsaturated/α-hetero) is 1. The fraction of sp³-hybridized carbons (Fsp3) is 0.318. The number of ketones is 1. The molecule has 136 valence electrons. The molecule has 1 heterocycles. The fourth-order valence-corrected chi connectivity index (χ4v) is 3.65. The summed E-state index contributed by atoms with van der Waals surface area (Å²) in [6.45, 7) is 6.62. The maximum atomic E-state index is 13.8. The van der Waals surface area contributed by atoms with E-state index in [-0.39, 0.29) is 5.78 Å². The van der Waals surface area contributed by atoms with Gasteiger partial charge in [0.25, 0.3) is 0 Å². The van der Waals surface area contributed by atoms with Gasteiger partial charge in [-0.15, -0.1) is 6.58 Å². The van der Waals surface area contributed by atoms with Crippen molar-refractivity contribution in [3.05, 3.63) is 78.4 Å². The molecule has 0 aliphatic carbocycles. The van der Waals surface area contributed by atoms with Crippen molar-refractivity contribution < 1.29 is 14.3 Å². The van der Waals surface area contributed by atoms with Crippen LogP contribution in [0.15, 0.2) is 67.3 Å². The highest BCUT2D eigenvalue weighted by molar-refractivity contribution is 6.04. The first-order valence-corrected chi connectivity index (χ1v) is 8.90. The van der Waals surface area contributed by atoms with Crippen LogP contribution < -0.4 is 4.74 Å². The summed E-state index contributed by atoms with van der Waals surface area (Å²) in [4.78, 5) is 16.0. The fourth-order valence-electron chi connectivity index (χ4n) is 3.65. The molecule has 1 aliphatic heterocycles. The Kier molecular flexibility index (Phi) is 5.86. The highest BCUT2D eigenvalue weighted by atomic mass is 16.5. The van der Waals surface area contributed by atoms with E-state index in [0.717, 1.165) is 11.3 Å². The summed E-state index contributed by atoms with van der Waals surface area (Å²) in [6, 6.07) is 17.3. The molecule has 1 fully saturated rings. The maximum Gasteiger partial charge on any atom is 0.187 e. The van der Waals surface area contributed by atoms with E-state index in [1.807, 2.05) is 60.7 Å². The molecule has 0 N–H and O–H groups in total. The van der Waals surface area contributed by atoms with Crippen molar-refractivity contribution in [2.24, 2.45) is 0 Å². The van der Waals surface area contributed by atoms with Crippen LogP contribution in [-0.4, -0.2) is 44.1 Å². The lowest BCUT2D eigenvalue weighted by molar-refractivity contribution is -0.0160. The highest BCUT2D eigenvalue weighted by Crippen LogP contribution is 2.37. The van der Waals surface area contributed by atoms with E-state index in [9.17, 15) is 4.79 Å². The third-order valence-corrected chi connectivity index (χ3v) is 4.97. The van der Waals surface area contributed by atoms with Gasteiger partial charge < -0.3 is 9.47 Å². The minimum atomic E-state index is -0.776. The number of methoxy groups -OCH3 is 1. The van der Waals surface area contributed by atoms with Gasteiger partial charge >= 0.3 is 0 Å². The van der Waals surface area contributed by atoms with E-state index in [1.165, 1.54) is 0 Å². The summed E-state index contributed by atoms with van der Waals surface area (Å²) >= 11 is 0. The molecule has 2 aromatic carbocycles. The van der Waals surface area contributed by atoms with Crippen LogP contribution in [0.4, 0.5) is 0 Å². The second-order valence-electron chi connectivity index (χ2n) is 6.38. The quantitative estimate of drug-likeness (QED) is 0.563. The monoisotopic (exact) mass is 351 g/mol. The number of carbonyl (C=O) groups excluding carboxylic acids is 1. The van der Waals surface area contributed by atoms with E-state index < -0.39 is 5.54 Å². The van der Waals surface area contributed by atoms with Crippen molar-refractivity contribution in [2.45, 2.75) is 12.0 Å². The summed E-state index contributed by atoms with van der Waals surface area (Å²) in [5, 5.41) is 0. The molecule has 0 saturated carbocycles. The van der Waals surface area contributed by atoms with Gasteiger partial charge in [0.1, 0.15) is 11.3 Å². The zero-order valence-corrected chi connectivity index (χ0v) is 15.2. The van der Waals surface area contributed by atoms with Gasteiger partial charge in [-0.25, -0.2) is 0 Å².